The Bertz CT molecular complexity index is 787. The van der Waals surface area contributed by atoms with E-state index in [1.807, 2.05) is 6.07 Å². The van der Waals surface area contributed by atoms with Gasteiger partial charge in [0, 0.05) is 10.5 Å². The summed E-state index contributed by atoms with van der Waals surface area (Å²) < 4.78 is 2.19. The van der Waals surface area contributed by atoms with Crippen molar-refractivity contribution in [3.63, 3.8) is 0 Å². The first-order chi connectivity index (χ1) is 11.0. The Morgan fingerprint density at radius 3 is 2.96 bits per heavy atom. The molecule has 0 bridgehead atoms. The second-order valence-electron chi connectivity index (χ2n) is 6.27. The number of nitrogens with zero attached hydrogens (tertiary/aromatic N) is 2. The summed E-state index contributed by atoms with van der Waals surface area (Å²) in [5.41, 5.74) is 0.443. The maximum atomic E-state index is 12.5. The van der Waals surface area contributed by atoms with E-state index in [2.05, 4.69) is 33.2 Å². The maximum Gasteiger partial charge on any atom is 0.261 e. The minimum atomic E-state index is -0.192. The van der Waals surface area contributed by atoms with Crippen molar-refractivity contribution in [1.82, 2.24) is 14.9 Å². The first-order valence-electron chi connectivity index (χ1n) is 7.98. The molecule has 23 heavy (non-hydrogen) atoms. The fourth-order valence-corrected chi connectivity index (χ4v) is 3.54. The minimum absolute atomic E-state index is 0.0114. The fraction of sp³-hybridized carbons (Fsp3) is 0.471. The topological polar surface area (TPSA) is 64.0 Å². The van der Waals surface area contributed by atoms with E-state index in [1.54, 1.807) is 12.1 Å². The summed E-state index contributed by atoms with van der Waals surface area (Å²) in [5.74, 6) is 0.372. The van der Waals surface area contributed by atoms with Gasteiger partial charge in [-0.15, -0.1) is 0 Å². The van der Waals surface area contributed by atoms with E-state index in [4.69, 9.17) is 0 Å². The highest BCUT2D eigenvalue weighted by molar-refractivity contribution is 9.10. The molecule has 0 unspecified atom stereocenters. The number of fused-ring (bicyclic) bond motifs is 1. The first kappa shape index (κ1) is 16.2. The highest BCUT2D eigenvalue weighted by Gasteiger charge is 2.22. The standard InChI is InChI=1S/C17H20BrN3O2/c1-11-4-2-3-5-14(11)20-16(22)9-21-10-19-15-7-6-12(18)8-13(15)17(21)23/h6-8,10-11,14H,2-5,9H2,1H3,(H,20,22)/t11-,14-/m0/s1. The summed E-state index contributed by atoms with van der Waals surface area (Å²) >= 11 is 3.36. The molecule has 0 spiro atoms. The summed E-state index contributed by atoms with van der Waals surface area (Å²) in [6.07, 6.45) is 6.00. The quantitative estimate of drug-likeness (QED) is 0.894. The Hall–Kier alpha value is -1.69. The van der Waals surface area contributed by atoms with Crippen LogP contribution in [0.3, 0.4) is 0 Å². The molecule has 122 valence electrons. The van der Waals surface area contributed by atoms with E-state index in [9.17, 15) is 9.59 Å². The lowest BCUT2D eigenvalue weighted by Gasteiger charge is -2.29. The molecule has 6 heteroatoms. The SMILES string of the molecule is C[C@H]1CCCC[C@@H]1NC(=O)Cn1cnc2ccc(Br)cc2c1=O. The Balaban J connectivity index is 1.77. The van der Waals surface area contributed by atoms with E-state index < -0.39 is 0 Å². The van der Waals surface area contributed by atoms with Crippen LogP contribution in [0.1, 0.15) is 32.6 Å². The van der Waals surface area contributed by atoms with Crippen molar-refractivity contribution in [2.45, 2.75) is 45.2 Å². The van der Waals surface area contributed by atoms with E-state index in [0.717, 1.165) is 23.7 Å². The second kappa shape index (κ2) is 6.83. The van der Waals surface area contributed by atoms with Crippen molar-refractivity contribution in [2.24, 2.45) is 5.92 Å². The van der Waals surface area contributed by atoms with Crippen LogP contribution in [0.2, 0.25) is 0 Å². The zero-order valence-electron chi connectivity index (χ0n) is 13.1. The molecule has 0 aliphatic heterocycles. The summed E-state index contributed by atoms with van der Waals surface area (Å²) in [6.45, 7) is 2.18. The van der Waals surface area contributed by atoms with Gasteiger partial charge in [0.25, 0.3) is 5.56 Å². The summed E-state index contributed by atoms with van der Waals surface area (Å²) in [4.78, 5) is 29.0. The first-order valence-corrected chi connectivity index (χ1v) is 8.78. The lowest BCUT2D eigenvalue weighted by Crippen LogP contribution is -2.43. The second-order valence-corrected chi connectivity index (χ2v) is 7.19. The van der Waals surface area contributed by atoms with Gasteiger partial charge in [0.05, 0.1) is 17.2 Å². The number of carbonyl (C=O) groups excluding carboxylic acids is 1. The van der Waals surface area contributed by atoms with Crippen molar-refractivity contribution in [2.75, 3.05) is 0 Å². The van der Waals surface area contributed by atoms with E-state index in [0.29, 0.717) is 16.8 Å². The van der Waals surface area contributed by atoms with Crippen LogP contribution in [0, 0.1) is 5.92 Å². The van der Waals surface area contributed by atoms with Crippen LogP contribution >= 0.6 is 15.9 Å². The Kier molecular flexibility index (Phi) is 4.80. The van der Waals surface area contributed by atoms with E-state index in [-0.39, 0.29) is 24.1 Å². The highest BCUT2D eigenvalue weighted by atomic mass is 79.9. The molecule has 5 nitrogen and oxygen atoms in total. The number of hydrogen-bond acceptors (Lipinski definition) is 3. The number of benzene rings is 1. The molecule has 3 rings (SSSR count). The molecule has 1 aliphatic carbocycles. The van der Waals surface area contributed by atoms with Gasteiger partial charge in [0.2, 0.25) is 5.91 Å². The van der Waals surface area contributed by atoms with Crippen molar-refractivity contribution in [3.8, 4) is 0 Å². The van der Waals surface area contributed by atoms with E-state index in [1.165, 1.54) is 17.3 Å². The van der Waals surface area contributed by atoms with Crippen molar-refractivity contribution in [1.29, 1.82) is 0 Å². The Labute approximate surface area is 143 Å². The van der Waals surface area contributed by atoms with Crippen LogP contribution in [0.5, 0.6) is 0 Å². The monoisotopic (exact) mass is 377 g/mol. The van der Waals surface area contributed by atoms with Crippen LogP contribution in [-0.4, -0.2) is 21.5 Å². The van der Waals surface area contributed by atoms with Crippen LogP contribution in [-0.2, 0) is 11.3 Å². The summed E-state index contributed by atoms with van der Waals surface area (Å²) in [6, 6.07) is 5.59. The molecule has 1 amide bonds. The molecule has 2 atom stereocenters. The van der Waals surface area contributed by atoms with Gasteiger partial charge in [-0.2, -0.15) is 0 Å². The number of rotatable bonds is 3. The highest BCUT2D eigenvalue weighted by Crippen LogP contribution is 2.23. The Morgan fingerprint density at radius 1 is 1.39 bits per heavy atom. The normalized spacial score (nSPS) is 21.3. The van der Waals surface area contributed by atoms with Crippen molar-refractivity contribution in [3.05, 3.63) is 39.4 Å². The van der Waals surface area contributed by atoms with E-state index >= 15 is 0 Å². The minimum Gasteiger partial charge on any atom is -0.352 e. The zero-order chi connectivity index (χ0) is 16.4. The smallest absolute Gasteiger partial charge is 0.261 e. The van der Waals surface area contributed by atoms with Gasteiger partial charge in [-0.3, -0.25) is 14.2 Å². The third kappa shape index (κ3) is 3.63. The largest absolute Gasteiger partial charge is 0.352 e. The van der Waals surface area contributed by atoms with Gasteiger partial charge in [-0.05, 0) is 37.0 Å². The molecule has 1 N–H and O–H groups in total. The maximum absolute atomic E-state index is 12.5. The molecule has 1 aliphatic rings. The van der Waals surface area contributed by atoms with Crippen LogP contribution in [0.15, 0.2) is 33.8 Å². The predicted molar refractivity (Wildman–Crippen MR) is 93.3 cm³/mol. The molecule has 1 aromatic heterocycles. The molecule has 1 heterocycles. The number of halogens is 1. The molecule has 1 saturated carbocycles. The average Bonchev–Trinajstić information content (AvgIpc) is 2.53. The average molecular weight is 378 g/mol. The van der Waals surface area contributed by atoms with Gasteiger partial charge in [-0.1, -0.05) is 35.7 Å². The predicted octanol–water partition coefficient (Wildman–Crippen LogP) is 2.85. The van der Waals surface area contributed by atoms with Gasteiger partial charge in [0.1, 0.15) is 6.54 Å². The number of aromatic nitrogens is 2. The number of hydrogen-bond donors (Lipinski definition) is 1. The number of amides is 1. The van der Waals surface area contributed by atoms with Gasteiger partial charge in [0.15, 0.2) is 0 Å². The van der Waals surface area contributed by atoms with Crippen LogP contribution < -0.4 is 10.9 Å². The molecule has 0 radical (unpaired) electrons. The molecular weight excluding hydrogens is 358 g/mol. The van der Waals surface area contributed by atoms with Gasteiger partial charge >= 0.3 is 0 Å². The lowest BCUT2D eigenvalue weighted by atomic mass is 9.86. The molecule has 1 fully saturated rings. The lowest BCUT2D eigenvalue weighted by molar-refractivity contribution is -0.123. The van der Waals surface area contributed by atoms with Gasteiger partial charge in [-0.25, -0.2) is 4.98 Å². The number of carbonyl (C=O) groups is 1. The molecular formula is C17H20BrN3O2. The summed E-state index contributed by atoms with van der Waals surface area (Å²) in [7, 11) is 0. The third-order valence-corrected chi connectivity index (χ3v) is 5.05. The number of nitrogens with one attached hydrogen (secondary N) is 1. The molecule has 2 aromatic rings. The zero-order valence-corrected chi connectivity index (χ0v) is 14.7. The molecule has 0 saturated heterocycles. The van der Waals surface area contributed by atoms with Crippen LogP contribution in [0.4, 0.5) is 0 Å². The van der Waals surface area contributed by atoms with Gasteiger partial charge < -0.3 is 5.32 Å². The third-order valence-electron chi connectivity index (χ3n) is 4.56. The molecule has 1 aromatic carbocycles. The fourth-order valence-electron chi connectivity index (χ4n) is 3.18. The Morgan fingerprint density at radius 2 is 2.17 bits per heavy atom. The van der Waals surface area contributed by atoms with Crippen LogP contribution in [0.25, 0.3) is 10.9 Å². The summed E-state index contributed by atoms with van der Waals surface area (Å²) in [5, 5.41) is 3.58. The van der Waals surface area contributed by atoms with Crippen molar-refractivity contribution >= 4 is 32.7 Å². The van der Waals surface area contributed by atoms with Crippen molar-refractivity contribution < 1.29 is 4.79 Å².